The van der Waals surface area contributed by atoms with Crippen molar-refractivity contribution in [3.63, 3.8) is 0 Å². The summed E-state index contributed by atoms with van der Waals surface area (Å²) in [6.45, 7) is 8.32. The highest BCUT2D eigenvalue weighted by molar-refractivity contribution is 7.59. The second kappa shape index (κ2) is 10.8. The predicted molar refractivity (Wildman–Crippen MR) is 128 cm³/mol. The molecule has 0 unspecified atom stereocenters. The van der Waals surface area contributed by atoms with Gasteiger partial charge in [-0.1, -0.05) is 26.3 Å². The maximum Gasteiger partial charge on any atom is 0.204 e. The maximum absolute atomic E-state index is 11.9. The molecular weight excluding hydrogens is 414 g/mol. The lowest BCUT2D eigenvalue weighted by molar-refractivity contribution is -0.129. The fraction of sp³-hybridized carbons (Fsp3) is 0.545. The van der Waals surface area contributed by atoms with Gasteiger partial charge >= 0.3 is 0 Å². The van der Waals surface area contributed by atoms with E-state index in [-0.39, 0.29) is 25.2 Å². The maximum atomic E-state index is 11.9. The minimum Gasteiger partial charge on any atom is -0.494 e. The van der Waals surface area contributed by atoms with E-state index in [0.29, 0.717) is 24.4 Å². The summed E-state index contributed by atoms with van der Waals surface area (Å²) < 4.78 is 7.58. The second-order valence-electron chi connectivity index (χ2n) is 8.04. The van der Waals surface area contributed by atoms with E-state index in [9.17, 15) is 9.90 Å². The zero-order valence-corrected chi connectivity index (χ0v) is 19.9. The number of rotatable bonds is 10. The Labute approximate surface area is 189 Å². The van der Waals surface area contributed by atoms with Gasteiger partial charge in [0.15, 0.2) is 11.6 Å². The highest BCUT2D eigenvalue weighted by atomic mass is 32.1. The van der Waals surface area contributed by atoms with Gasteiger partial charge in [-0.25, -0.2) is 4.98 Å². The van der Waals surface area contributed by atoms with Gasteiger partial charge in [0.25, 0.3) is 0 Å². The van der Waals surface area contributed by atoms with E-state index in [1.165, 1.54) is 0 Å². The van der Waals surface area contributed by atoms with Crippen molar-refractivity contribution in [3.05, 3.63) is 23.5 Å². The number of aryl methyl sites for hydroxylation is 2. The summed E-state index contributed by atoms with van der Waals surface area (Å²) in [5.41, 5.74) is 3.37. The van der Waals surface area contributed by atoms with Crippen LogP contribution < -0.4 is 10.1 Å². The van der Waals surface area contributed by atoms with Crippen LogP contribution in [0, 0.1) is 19.8 Å². The quantitative estimate of drug-likeness (QED) is 0.458. The van der Waals surface area contributed by atoms with Crippen molar-refractivity contribution in [1.29, 1.82) is 0 Å². The Balaban J connectivity index is 0.00000341. The molecule has 0 radical (unpaired) electrons. The number of aromatic nitrogens is 4. The molecule has 3 rings (SSSR count). The largest absolute Gasteiger partial charge is 0.494 e. The van der Waals surface area contributed by atoms with Crippen LogP contribution in [0.5, 0.6) is 5.75 Å². The van der Waals surface area contributed by atoms with E-state index >= 15 is 0 Å². The van der Waals surface area contributed by atoms with Gasteiger partial charge in [0.2, 0.25) is 5.65 Å². The molecule has 0 saturated carbocycles. The number of ether oxygens (including phenoxy) is 1. The van der Waals surface area contributed by atoms with Crippen LogP contribution in [0.25, 0.3) is 16.7 Å². The van der Waals surface area contributed by atoms with Crippen LogP contribution in [-0.4, -0.2) is 50.2 Å². The van der Waals surface area contributed by atoms with E-state index in [2.05, 4.69) is 15.5 Å². The Morgan fingerprint density at radius 2 is 1.94 bits per heavy atom. The predicted octanol–water partition coefficient (Wildman–Crippen LogP) is 3.57. The third-order valence-corrected chi connectivity index (χ3v) is 5.37. The van der Waals surface area contributed by atoms with Crippen LogP contribution in [0.3, 0.4) is 0 Å². The fourth-order valence-electron chi connectivity index (χ4n) is 3.62. The molecule has 2 heterocycles. The molecule has 31 heavy (non-hydrogen) atoms. The third kappa shape index (κ3) is 5.27. The SMILES string of the molecule is COc1c(C)ccc2c1nc(NCCCCCC(=O)[C@@H](O)C(C)C)c1nnc(C)n12.S. The lowest BCUT2D eigenvalue weighted by Gasteiger charge is -2.14. The van der Waals surface area contributed by atoms with Crippen LogP contribution in [0.4, 0.5) is 5.82 Å². The molecular formula is C22H33N5O3S. The molecule has 3 aromatic rings. The van der Waals surface area contributed by atoms with Crippen LogP contribution in [0.15, 0.2) is 12.1 Å². The Bertz CT molecular complexity index is 1050. The first-order chi connectivity index (χ1) is 14.3. The number of ketones is 1. The number of aliphatic hydroxyl groups excluding tert-OH is 1. The second-order valence-corrected chi connectivity index (χ2v) is 8.04. The van der Waals surface area contributed by atoms with Crippen LogP contribution in [0.1, 0.15) is 50.9 Å². The first kappa shape index (κ1) is 24.9. The van der Waals surface area contributed by atoms with Crippen molar-refractivity contribution in [2.45, 2.75) is 59.5 Å². The van der Waals surface area contributed by atoms with Crippen molar-refractivity contribution < 1.29 is 14.6 Å². The number of hydrogen-bond donors (Lipinski definition) is 2. The van der Waals surface area contributed by atoms with Gasteiger partial charge in [-0.3, -0.25) is 9.20 Å². The molecule has 8 nitrogen and oxygen atoms in total. The summed E-state index contributed by atoms with van der Waals surface area (Å²) in [5, 5.41) is 21.7. The zero-order valence-electron chi connectivity index (χ0n) is 18.9. The number of nitrogens with zero attached hydrogens (tertiary/aromatic N) is 4. The Hall–Kier alpha value is -2.39. The van der Waals surface area contributed by atoms with E-state index in [1.807, 2.05) is 44.2 Å². The van der Waals surface area contributed by atoms with Crippen molar-refractivity contribution in [2.75, 3.05) is 19.0 Å². The Morgan fingerprint density at radius 3 is 2.61 bits per heavy atom. The first-order valence-corrected chi connectivity index (χ1v) is 10.5. The lowest BCUT2D eigenvalue weighted by Crippen LogP contribution is -2.25. The average Bonchev–Trinajstić information content (AvgIpc) is 3.11. The molecule has 1 aromatic carbocycles. The fourth-order valence-corrected chi connectivity index (χ4v) is 3.62. The number of anilines is 1. The van der Waals surface area contributed by atoms with Crippen molar-refractivity contribution in [1.82, 2.24) is 19.6 Å². The number of nitrogens with one attached hydrogen (secondary N) is 1. The molecule has 0 saturated heterocycles. The molecule has 170 valence electrons. The minimum atomic E-state index is -0.854. The molecule has 9 heteroatoms. The molecule has 0 fully saturated rings. The zero-order chi connectivity index (χ0) is 21.8. The van der Waals surface area contributed by atoms with Gasteiger partial charge in [0.1, 0.15) is 23.2 Å². The number of benzene rings is 1. The lowest BCUT2D eigenvalue weighted by atomic mass is 9.99. The number of fused-ring (bicyclic) bond motifs is 3. The number of hydrogen-bond acceptors (Lipinski definition) is 7. The Kier molecular flexibility index (Phi) is 8.64. The number of carbonyl (C=O) groups is 1. The molecule has 0 aliphatic carbocycles. The summed E-state index contributed by atoms with van der Waals surface area (Å²) in [6, 6.07) is 4.02. The number of carbonyl (C=O) groups excluding carboxylic acids is 1. The summed E-state index contributed by atoms with van der Waals surface area (Å²) in [7, 11) is 1.65. The van der Waals surface area contributed by atoms with Gasteiger partial charge in [0.05, 0.1) is 12.6 Å². The van der Waals surface area contributed by atoms with Crippen molar-refractivity contribution in [3.8, 4) is 5.75 Å². The highest BCUT2D eigenvalue weighted by Gasteiger charge is 2.18. The van der Waals surface area contributed by atoms with Gasteiger partial charge < -0.3 is 15.2 Å². The smallest absolute Gasteiger partial charge is 0.204 e. The van der Waals surface area contributed by atoms with E-state index in [0.717, 1.165) is 47.4 Å². The van der Waals surface area contributed by atoms with Gasteiger partial charge in [-0.15, -0.1) is 10.2 Å². The average molecular weight is 448 g/mol. The summed E-state index contributed by atoms with van der Waals surface area (Å²) in [5.74, 6) is 2.09. The number of methoxy groups -OCH3 is 1. The topological polar surface area (TPSA) is 102 Å². The van der Waals surface area contributed by atoms with Crippen LogP contribution in [-0.2, 0) is 4.79 Å². The summed E-state index contributed by atoms with van der Waals surface area (Å²) in [6.07, 6.45) is 2.10. The molecule has 1 atom stereocenters. The monoisotopic (exact) mass is 447 g/mol. The normalized spacial score (nSPS) is 12.2. The summed E-state index contributed by atoms with van der Waals surface area (Å²) in [4.78, 5) is 16.7. The highest BCUT2D eigenvalue weighted by Crippen LogP contribution is 2.31. The van der Waals surface area contributed by atoms with E-state index < -0.39 is 6.10 Å². The third-order valence-electron chi connectivity index (χ3n) is 5.37. The molecule has 0 spiro atoms. The van der Waals surface area contributed by atoms with E-state index in [4.69, 9.17) is 9.72 Å². The molecule has 0 amide bonds. The summed E-state index contributed by atoms with van der Waals surface area (Å²) >= 11 is 0. The molecule has 0 aliphatic rings. The molecule has 0 bridgehead atoms. The Morgan fingerprint density at radius 1 is 1.19 bits per heavy atom. The van der Waals surface area contributed by atoms with Gasteiger partial charge in [0, 0.05) is 13.0 Å². The number of aliphatic hydroxyl groups is 1. The van der Waals surface area contributed by atoms with Gasteiger partial charge in [-0.2, -0.15) is 13.5 Å². The van der Waals surface area contributed by atoms with Crippen molar-refractivity contribution >= 4 is 41.8 Å². The van der Waals surface area contributed by atoms with Crippen molar-refractivity contribution in [2.24, 2.45) is 5.92 Å². The number of unbranched alkanes of at least 4 members (excludes halogenated alkanes) is 2. The van der Waals surface area contributed by atoms with Crippen LogP contribution >= 0.6 is 13.5 Å². The molecule has 2 N–H and O–H groups in total. The molecule has 0 aliphatic heterocycles. The molecule has 2 aromatic heterocycles. The van der Waals surface area contributed by atoms with Gasteiger partial charge in [-0.05, 0) is 44.2 Å². The minimum absolute atomic E-state index is 0. The first-order valence-electron chi connectivity index (χ1n) is 10.5. The number of Topliss-reactive ketones (excluding diaryl/α,β-unsaturated/α-hetero) is 1. The van der Waals surface area contributed by atoms with E-state index in [1.54, 1.807) is 7.11 Å². The standard InChI is InChI=1S/C22H31N5O3.H2S/c1-13(2)19(29)17(28)9-7-6-8-12-23-21-22-26-25-15(4)27(22)16-11-10-14(3)20(30-5)18(16)24-21;/h10-11,13,19,29H,6-9,12H2,1-5H3,(H,23,24);1H2/t19-;/m0./s1. The van der Waals surface area contributed by atoms with Crippen LogP contribution in [0.2, 0.25) is 0 Å².